The van der Waals surface area contributed by atoms with Crippen molar-refractivity contribution in [3.63, 3.8) is 0 Å². The number of hydrogen-bond donors (Lipinski definition) is 0. The maximum atomic E-state index is 13.6. The second-order valence-corrected chi connectivity index (χ2v) is 8.93. The summed E-state index contributed by atoms with van der Waals surface area (Å²) in [7, 11) is 0. The highest BCUT2D eigenvalue weighted by molar-refractivity contribution is 5.99. The monoisotopic (exact) mass is 480 g/mol. The minimum Gasteiger partial charge on any atom is -0.294 e. The van der Waals surface area contributed by atoms with Crippen LogP contribution in [0.1, 0.15) is 46.1 Å². The van der Waals surface area contributed by atoms with Crippen LogP contribution in [0.3, 0.4) is 0 Å². The van der Waals surface area contributed by atoms with Crippen molar-refractivity contribution < 1.29 is 13.6 Å². The predicted octanol–water partition coefficient (Wildman–Crippen LogP) is 7.14. The molecule has 5 heteroatoms. The van der Waals surface area contributed by atoms with Gasteiger partial charge >= 0.3 is 0 Å². The summed E-state index contributed by atoms with van der Waals surface area (Å²) in [5.41, 5.74) is 4.84. The van der Waals surface area contributed by atoms with Crippen LogP contribution in [0.5, 0.6) is 0 Å². The van der Waals surface area contributed by atoms with Crippen LogP contribution in [0.2, 0.25) is 0 Å². The average molecular weight is 481 g/mol. The Hall–Kier alpha value is -4.17. The lowest BCUT2D eigenvalue weighted by molar-refractivity contribution is 0.0928. The highest BCUT2D eigenvalue weighted by atomic mass is 19.1. The Balaban J connectivity index is 1.61. The van der Waals surface area contributed by atoms with Crippen molar-refractivity contribution in [2.24, 2.45) is 5.92 Å². The smallest absolute Gasteiger partial charge is 0.167 e. The zero-order chi connectivity index (χ0) is 25.5. The second kappa shape index (κ2) is 11.5. The van der Waals surface area contributed by atoms with Crippen molar-refractivity contribution in [1.29, 1.82) is 5.26 Å². The summed E-state index contributed by atoms with van der Waals surface area (Å²) in [6.07, 6.45) is 2.36. The van der Waals surface area contributed by atoms with Gasteiger partial charge in [0.1, 0.15) is 11.6 Å². The summed E-state index contributed by atoms with van der Waals surface area (Å²) in [5.74, 6) is -0.939. The van der Waals surface area contributed by atoms with E-state index in [9.17, 15) is 18.8 Å². The van der Waals surface area contributed by atoms with Gasteiger partial charge in [-0.2, -0.15) is 5.26 Å². The number of carbonyl (C=O) groups is 1. The van der Waals surface area contributed by atoms with Gasteiger partial charge in [-0.3, -0.25) is 9.78 Å². The molecule has 0 aliphatic rings. The van der Waals surface area contributed by atoms with Crippen LogP contribution in [0.15, 0.2) is 84.9 Å². The van der Waals surface area contributed by atoms with E-state index in [1.165, 1.54) is 24.3 Å². The molecule has 0 saturated heterocycles. The largest absolute Gasteiger partial charge is 0.294 e. The third-order valence-electron chi connectivity index (χ3n) is 6.23. The molecule has 0 aliphatic carbocycles. The van der Waals surface area contributed by atoms with E-state index < -0.39 is 0 Å². The molecule has 0 aliphatic heterocycles. The fourth-order valence-corrected chi connectivity index (χ4v) is 4.35. The number of pyridine rings is 1. The molecule has 180 valence electrons. The summed E-state index contributed by atoms with van der Waals surface area (Å²) >= 11 is 0. The van der Waals surface area contributed by atoms with Crippen LogP contribution in [0, 0.1) is 28.9 Å². The Morgan fingerprint density at radius 1 is 0.889 bits per heavy atom. The Morgan fingerprint density at radius 2 is 1.67 bits per heavy atom. The molecule has 0 amide bonds. The zero-order valence-electron chi connectivity index (χ0n) is 20.0. The van der Waals surface area contributed by atoms with Crippen LogP contribution in [0.4, 0.5) is 8.78 Å². The normalized spacial score (nSPS) is 11.6. The summed E-state index contributed by atoms with van der Waals surface area (Å²) in [5, 5.41) is 9.53. The van der Waals surface area contributed by atoms with Gasteiger partial charge in [0.25, 0.3) is 0 Å². The van der Waals surface area contributed by atoms with Gasteiger partial charge in [-0.15, -0.1) is 0 Å². The molecule has 1 unspecified atom stereocenters. The summed E-state index contributed by atoms with van der Waals surface area (Å²) in [6.45, 7) is 1.86. The summed E-state index contributed by atoms with van der Waals surface area (Å²) in [6, 6.07) is 25.7. The molecule has 0 radical (unpaired) electrons. The van der Waals surface area contributed by atoms with Gasteiger partial charge in [0.05, 0.1) is 23.0 Å². The Bertz CT molecular complexity index is 1410. The third-order valence-corrected chi connectivity index (χ3v) is 6.23. The van der Waals surface area contributed by atoms with Crippen molar-refractivity contribution in [2.75, 3.05) is 0 Å². The first-order valence-corrected chi connectivity index (χ1v) is 12.0. The van der Waals surface area contributed by atoms with E-state index in [0.717, 1.165) is 11.1 Å². The molecule has 0 saturated carbocycles. The molecular formula is C31H26F2N2O. The number of benzene rings is 3. The number of aromatic nitrogens is 1. The van der Waals surface area contributed by atoms with E-state index in [-0.39, 0.29) is 23.3 Å². The maximum absolute atomic E-state index is 13.6. The fourth-order valence-electron chi connectivity index (χ4n) is 4.35. The molecule has 36 heavy (non-hydrogen) atoms. The number of hydrogen-bond acceptors (Lipinski definition) is 3. The predicted molar refractivity (Wildman–Crippen MR) is 136 cm³/mol. The van der Waals surface area contributed by atoms with Crippen LogP contribution in [-0.2, 0) is 19.3 Å². The number of halogens is 2. The number of nitriles is 1. The van der Waals surface area contributed by atoms with Crippen molar-refractivity contribution in [2.45, 2.75) is 32.6 Å². The standard InChI is InChI=1S/C31H26F2N2O/c1-21(18-23-12-14-25(32)15-13-23)31(36)28-16-17-30(27-10-3-2-8-24(27)20-34)35-29(28)11-5-7-22-6-4-9-26(33)19-22/h2-4,6,8-10,12-17,19,21H,5,7,11,18H2,1H3. The molecule has 0 spiro atoms. The third kappa shape index (κ3) is 6.09. The summed E-state index contributed by atoms with van der Waals surface area (Å²) < 4.78 is 26.9. The van der Waals surface area contributed by atoms with Crippen molar-refractivity contribution in [1.82, 2.24) is 4.98 Å². The van der Waals surface area contributed by atoms with E-state index in [1.807, 2.05) is 25.1 Å². The van der Waals surface area contributed by atoms with E-state index in [2.05, 4.69) is 6.07 Å². The Morgan fingerprint density at radius 3 is 2.42 bits per heavy atom. The quantitative estimate of drug-likeness (QED) is 0.239. The van der Waals surface area contributed by atoms with Gasteiger partial charge in [0.2, 0.25) is 0 Å². The molecule has 1 atom stereocenters. The number of carbonyl (C=O) groups excluding carboxylic acids is 1. The molecule has 4 rings (SSSR count). The lowest BCUT2D eigenvalue weighted by Gasteiger charge is -2.15. The topological polar surface area (TPSA) is 53.8 Å². The van der Waals surface area contributed by atoms with Gasteiger partial charge in [0, 0.05) is 17.0 Å². The number of Topliss-reactive ketones (excluding diaryl/α,β-unsaturated/α-hetero) is 1. The van der Waals surface area contributed by atoms with Crippen LogP contribution in [0.25, 0.3) is 11.3 Å². The molecule has 3 aromatic carbocycles. The Kier molecular flexibility index (Phi) is 7.97. The maximum Gasteiger partial charge on any atom is 0.167 e. The summed E-state index contributed by atoms with van der Waals surface area (Å²) in [4.78, 5) is 18.3. The average Bonchev–Trinajstić information content (AvgIpc) is 2.89. The van der Waals surface area contributed by atoms with E-state index in [0.29, 0.717) is 53.8 Å². The number of nitrogens with zero attached hydrogens (tertiary/aromatic N) is 2. The SMILES string of the molecule is CC(Cc1ccc(F)cc1)C(=O)c1ccc(-c2ccccc2C#N)nc1CCCc1cccc(F)c1. The zero-order valence-corrected chi connectivity index (χ0v) is 20.0. The van der Waals surface area contributed by atoms with Crippen LogP contribution >= 0.6 is 0 Å². The molecule has 1 heterocycles. The highest BCUT2D eigenvalue weighted by Crippen LogP contribution is 2.26. The molecule has 3 nitrogen and oxygen atoms in total. The van der Waals surface area contributed by atoms with Crippen molar-refractivity contribution >= 4 is 5.78 Å². The second-order valence-electron chi connectivity index (χ2n) is 8.93. The van der Waals surface area contributed by atoms with Gasteiger partial charge < -0.3 is 0 Å². The lowest BCUT2D eigenvalue weighted by atomic mass is 9.90. The highest BCUT2D eigenvalue weighted by Gasteiger charge is 2.21. The first-order valence-electron chi connectivity index (χ1n) is 12.0. The van der Waals surface area contributed by atoms with E-state index >= 15 is 0 Å². The van der Waals surface area contributed by atoms with Crippen LogP contribution in [-0.4, -0.2) is 10.8 Å². The Labute approximate surface area is 210 Å². The molecule has 4 aromatic rings. The van der Waals surface area contributed by atoms with E-state index in [4.69, 9.17) is 4.98 Å². The molecule has 0 bridgehead atoms. The van der Waals surface area contributed by atoms with Crippen molar-refractivity contribution in [3.05, 3.63) is 125 Å². The fraction of sp³-hybridized carbons (Fsp3) is 0.194. The van der Waals surface area contributed by atoms with Gasteiger partial charge in [0.15, 0.2) is 5.78 Å². The lowest BCUT2D eigenvalue weighted by Crippen LogP contribution is -2.17. The first-order chi connectivity index (χ1) is 17.4. The van der Waals surface area contributed by atoms with Gasteiger partial charge in [-0.05, 0) is 79.3 Å². The molecule has 1 aromatic heterocycles. The minimum atomic E-state index is -0.323. The number of ketones is 1. The van der Waals surface area contributed by atoms with Crippen molar-refractivity contribution in [3.8, 4) is 17.3 Å². The molecule has 0 N–H and O–H groups in total. The van der Waals surface area contributed by atoms with E-state index in [1.54, 1.807) is 42.5 Å². The minimum absolute atomic E-state index is 0.0345. The van der Waals surface area contributed by atoms with Gasteiger partial charge in [-0.25, -0.2) is 8.78 Å². The molecular weight excluding hydrogens is 454 g/mol. The number of aryl methyl sites for hydroxylation is 2. The number of rotatable bonds is 9. The first kappa shape index (κ1) is 24.9. The van der Waals surface area contributed by atoms with Gasteiger partial charge in [-0.1, -0.05) is 49.4 Å². The molecule has 0 fully saturated rings. The van der Waals surface area contributed by atoms with Crippen LogP contribution < -0.4 is 0 Å².